The Hall–Kier alpha value is -1.03. The van der Waals surface area contributed by atoms with Gasteiger partial charge in [0, 0.05) is 17.5 Å². The van der Waals surface area contributed by atoms with Gasteiger partial charge in [0.1, 0.15) is 0 Å². The molecule has 0 saturated carbocycles. The van der Waals surface area contributed by atoms with Crippen molar-refractivity contribution in [3.05, 3.63) is 12.4 Å². The third-order valence-corrected chi connectivity index (χ3v) is 4.19. The molecule has 1 aromatic rings. The van der Waals surface area contributed by atoms with Crippen LogP contribution in [0.5, 0.6) is 5.88 Å². The Morgan fingerprint density at radius 3 is 2.72 bits per heavy atom. The molecular weight excluding hydrogens is 250 g/mol. The highest BCUT2D eigenvalue weighted by Crippen LogP contribution is 2.40. The predicted molar refractivity (Wildman–Crippen MR) is 71.4 cm³/mol. The highest BCUT2D eigenvalue weighted by Gasteiger charge is 2.40. The van der Waals surface area contributed by atoms with E-state index in [1.165, 1.54) is 12.8 Å². The molecule has 2 fully saturated rings. The second-order valence-corrected chi connectivity index (χ2v) is 5.63. The number of rotatable bonds is 3. The van der Waals surface area contributed by atoms with Crippen LogP contribution in [-0.4, -0.2) is 34.0 Å². The summed E-state index contributed by atoms with van der Waals surface area (Å²) in [4.78, 5) is 11.2. The maximum atomic E-state index is 6.29. The largest absolute Gasteiger partial charge is 0.477 e. The molecule has 2 aliphatic rings. The molecule has 2 saturated heterocycles. The third kappa shape index (κ3) is 2.14. The summed E-state index contributed by atoms with van der Waals surface area (Å²) >= 11 is 6.29. The van der Waals surface area contributed by atoms with Crippen molar-refractivity contribution in [3.8, 4) is 5.88 Å². The van der Waals surface area contributed by atoms with E-state index in [9.17, 15) is 0 Å². The number of fused-ring (bicyclic) bond motifs is 2. The molecule has 2 atom stereocenters. The lowest BCUT2D eigenvalue weighted by atomic mass is 10.0. The van der Waals surface area contributed by atoms with Crippen molar-refractivity contribution in [2.24, 2.45) is 0 Å². The minimum Gasteiger partial charge on any atom is -0.477 e. The molecule has 0 radical (unpaired) electrons. The Balaban J connectivity index is 1.84. The number of hydrogen-bond acceptors (Lipinski definition) is 4. The lowest BCUT2D eigenvalue weighted by Gasteiger charge is -2.37. The fraction of sp³-hybridized carbons (Fsp3) is 0.692. The normalized spacial score (nSPS) is 30.6. The molecular formula is C13H18ClN3O. The molecule has 3 rings (SSSR count). The first kappa shape index (κ1) is 12.0. The van der Waals surface area contributed by atoms with Crippen LogP contribution in [0.4, 0.5) is 5.82 Å². The molecule has 1 aromatic heterocycles. The first-order valence-electron chi connectivity index (χ1n) is 6.65. The molecule has 3 heterocycles. The van der Waals surface area contributed by atoms with Crippen LogP contribution in [0.3, 0.4) is 0 Å². The van der Waals surface area contributed by atoms with Crippen molar-refractivity contribution in [1.29, 1.82) is 0 Å². The second kappa shape index (κ2) is 4.92. The van der Waals surface area contributed by atoms with Crippen LogP contribution < -0.4 is 9.64 Å². The molecule has 98 valence electrons. The van der Waals surface area contributed by atoms with Crippen LogP contribution in [0.2, 0.25) is 0 Å². The van der Waals surface area contributed by atoms with Gasteiger partial charge in [0.2, 0.25) is 5.88 Å². The van der Waals surface area contributed by atoms with Crippen LogP contribution in [0, 0.1) is 0 Å². The standard InChI is InChI=1S/C13H18ClN3O/c1-2-18-13-8-15-7-12(16-13)17-10-3-4-11(17)6-9(14)5-10/h7-11H,2-6H2,1H3. The lowest BCUT2D eigenvalue weighted by molar-refractivity contribution is 0.324. The minimum atomic E-state index is 0.321. The number of anilines is 1. The van der Waals surface area contributed by atoms with E-state index in [2.05, 4.69) is 14.9 Å². The van der Waals surface area contributed by atoms with E-state index < -0.39 is 0 Å². The van der Waals surface area contributed by atoms with Gasteiger partial charge in [-0.25, -0.2) is 0 Å². The van der Waals surface area contributed by atoms with Gasteiger partial charge < -0.3 is 9.64 Å². The number of ether oxygens (including phenoxy) is 1. The molecule has 0 N–H and O–H groups in total. The first-order valence-corrected chi connectivity index (χ1v) is 7.09. The third-order valence-electron chi connectivity index (χ3n) is 3.83. The predicted octanol–water partition coefficient (Wildman–Crippen LogP) is 2.61. The van der Waals surface area contributed by atoms with E-state index in [1.807, 2.05) is 13.1 Å². The fourth-order valence-corrected chi connectivity index (χ4v) is 3.58. The van der Waals surface area contributed by atoms with E-state index in [0.29, 0.717) is 29.9 Å². The first-order chi connectivity index (χ1) is 8.78. The van der Waals surface area contributed by atoms with Gasteiger partial charge in [0.25, 0.3) is 0 Å². The van der Waals surface area contributed by atoms with Crippen LogP contribution in [-0.2, 0) is 0 Å². The van der Waals surface area contributed by atoms with Crippen molar-refractivity contribution in [2.45, 2.75) is 50.1 Å². The van der Waals surface area contributed by atoms with E-state index in [1.54, 1.807) is 6.20 Å². The maximum absolute atomic E-state index is 6.29. The number of alkyl halides is 1. The van der Waals surface area contributed by atoms with Gasteiger partial charge >= 0.3 is 0 Å². The topological polar surface area (TPSA) is 38.2 Å². The summed E-state index contributed by atoms with van der Waals surface area (Å²) in [6, 6.07) is 1.05. The zero-order valence-electron chi connectivity index (χ0n) is 10.6. The van der Waals surface area contributed by atoms with Crippen molar-refractivity contribution in [2.75, 3.05) is 11.5 Å². The highest BCUT2D eigenvalue weighted by atomic mass is 35.5. The Bertz CT molecular complexity index is 414. The lowest BCUT2D eigenvalue weighted by Crippen LogP contribution is -2.44. The molecule has 0 amide bonds. The average Bonchev–Trinajstić information content (AvgIpc) is 2.63. The van der Waals surface area contributed by atoms with Gasteiger partial charge in [-0.2, -0.15) is 4.98 Å². The van der Waals surface area contributed by atoms with E-state index in [0.717, 1.165) is 18.7 Å². The smallest absolute Gasteiger partial charge is 0.234 e. The van der Waals surface area contributed by atoms with Gasteiger partial charge in [0.05, 0.1) is 19.0 Å². The summed E-state index contributed by atoms with van der Waals surface area (Å²) in [6.45, 7) is 2.58. The summed E-state index contributed by atoms with van der Waals surface area (Å²) in [7, 11) is 0. The molecule has 0 spiro atoms. The quantitative estimate of drug-likeness (QED) is 0.789. The Morgan fingerprint density at radius 2 is 2.06 bits per heavy atom. The van der Waals surface area contributed by atoms with Crippen LogP contribution in [0.15, 0.2) is 12.4 Å². The molecule has 18 heavy (non-hydrogen) atoms. The maximum Gasteiger partial charge on any atom is 0.234 e. The van der Waals surface area contributed by atoms with E-state index >= 15 is 0 Å². The highest BCUT2D eigenvalue weighted by molar-refractivity contribution is 6.20. The number of aromatic nitrogens is 2. The Kier molecular flexibility index (Phi) is 3.29. The van der Waals surface area contributed by atoms with Gasteiger partial charge in [0.15, 0.2) is 5.82 Å². The number of hydrogen-bond donors (Lipinski definition) is 0. The number of piperidine rings is 1. The molecule has 4 nitrogen and oxygen atoms in total. The minimum absolute atomic E-state index is 0.321. The fourth-order valence-electron chi connectivity index (χ4n) is 3.16. The van der Waals surface area contributed by atoms with Gasteiger partial charge in [-0.1, -0.05) is 0 Å². The van der Waals surface area contributed by atoms with Crippen LogP contribution in [0.1, 0.15) is 32.6 Å². The number of halogens is 1. The molecule has 0 aromatic carbocycles. The molecule has 2 unspecified atom stereocenters. The van der Waals surface area contributed by atoms with Crippen LogP contribution in [0.25, 0.3) is 0 Å². The van der Waals surface area contributed by atoms with Crippen molar-refractivity contribution < 1.29 is 4.74 Å². The van der Waals surface area contributed by atoms with Gasteiger partial charge in [-0.15, -0.1) is 11.6 Å². The molecule has 2 aliphatic heterocycles. The summed E-state index contributed by atoms with van der Waals surface area (Å²) in [5, 5.41) is 0.321. The van der Waals surface area contributed by atoms with Gasteiger partial charge in [-0.3, -0.25) is 4.98 Å². The van der Waals surface area contributed by atoms with E-state index in [4.69, 9.17) is 16.3 Å². The zero-order chi connectivity index (χ0) is 12.5. The van der Waals surface area contributed by atoms with Crippen molar-refractivity contribution in [3.63, 3.8) is 0 Å². The summed E-state index contributed by atoms with van der Waals surface area (Å²) in [6.07, 6.45) is 8.05. The van der Waals surface area contributed by atoms with Crippen LogP contribution >= 0.6 is 11.6 Å². The Morgan fingerprint density at radius 1 is 1.33 bits per heavy atom. The summed E-state index contributed by atoms with van der Waals surface area (Å²) in [5.41, 5.74) is 0. The van der Waals surface area contributed by atoms with E-state index in [-0.39, 0.29) is 0 Å². The number of nitrogens with zero attached hydrogens (tertiary/aromatic N) is 3. The summed E-state index contributed by atoms with van der Waals surface area (Å²) in [5.74, 6) is 1.56. The zero-order valence-corrected chi connectivity index (χ0v) is 11.3. The SMILES string of the molecule is CCOc1cncc(N2C3CCC2CC(Cl)C3)n1. The summed E-state index contributed by atoms with van der Waals surface area (Å²) < 4.78 is 5.42. The van der Waals surface area contributed by atoms with Crippen molar-refractivity contribution >= 4 is 17.4 Å². The molecule has 5 heteroatoms. The molecule has 0 aliphatic carbocycles. The van der Waals surface area contributed by atoms with Gasteiger partial charge in [-0.05, 0) is 32.6 Å². The van der Waals surface area contributed by atoms with Crippen molar-refractivity contribution in [1.82, 2.24) is 9.97 Å². The monoisotopic (exact) mass is 267 g/mol. The second-order valence-electron chi connectivity index (χ2n) is 5.01. The average molecular weight is 268 g/mol. The molecule has 2 bridgehead atoms. The Labute approximate surface area is 112 Å².